The van der Waals surface area contributed by atoms with Gasteiger partial charge >= 0.3 is 11.8 Å². The fourth-order valence-corrected chi connectivity index (χ4v) is 6.07. The number of piperidine rings is 1. The molecular weight excluding hydrogens is 541 g/mol. The Bertz CT molecular complexity index is 1360. The van der Waals surface area contributed by atoms with Crippen LogP contribution >= 0.6 is 11.6 Å². The van der Waals surface area contributed by atoms with Gasteiger partial charge in [0.05, 0.1) is 23.7 Å². The molecule has 39 heavy (non-hydrogen) atoms. The standard InChI is InChI=1S/C28H37ClFN3O5Si/c1-19(38-17-28(20-5-7-22(30)8-6-20)9-11-32(12-10-28)27(35)36)23-15-21(29)16-24-25(23)33(26(34)31-24)18-37-13-14-39(2,3)4/h5-8,15-16,19H,9-14,17-18H2,1-4H3,(H,31,34)(H,35,36). The quantitative estimate of drug-likeness (QED) is 0.220. The van der Waals surface area contributed by atoms with Crippen molar-refractivity contribution in [3.05, 3.63) is 68.8 Å². The number of hydrogen-bond donors (Lipinski definition) is 2. The van der Waals surface area contributed by atoms with Gasteiger partial charge in [-0.05, 0) is 55.6 Å². The van der Waals surface area contributed by atoms with E-state index in [-0.39, 0.29) is 18.2 Å². The molecule has 3 aromatic rings. The number of hydrogen-bond acceptors (Lipinski definition) is 4. The number of nitrogens with zero attached hydrogens (tertiary/aromatic N) is 2. The zero-order valence-electron chi connectivity index (χ0n) is 22.9. The SMILES string of the molecule is CC(OCC1(c2ccc(F)cc2)CCN(C(=O)O)CC1)c1cc(Cl)cc2[nH]c(=O)n(COCC[Si](C)(C)C)c12. The molecule has 1 aliphatic rings. The van der Waals surface area contributed by atoms with Crippen molar-refractivity contribution in [1.29, 1.82) is 0 Å². The van der Waals surface area contributed by atoms with E-state index < -0.39 is 25.7 Å². The van der Waals surface area contributed by atoms with Crippen molar-refractivity contribution in [2.24, 2.45) is 0 Å². The maximum Gasteiger partial charge on any atom is 0.407 e. The Morgan fingerprint density at radius 2 is 1.87 bits per heavy atom. The van der Waals surface area contributed by atoms with Gasteiger partial charge in [0.2, 0.25) is 0 Å². The normalized spacial score (nSPS) is 16.5. The largest absolute Gasteiger partial charge is 0.465 e. The Balaban J connectivity index is 1.59. The smallest absolute Gasteiger partial charge is 0.407 e. The monoisotopic (exact) mass is 577 g/mol. The van der Waals surface area contributed by atoms with Crippen LogP contribution in [-0.2, 0) is 21.6 Å². The van der Waals surface area contributed by atoms with E-state index in [1.165, 1.54) is 17.0 Å². The third-order valence-corrected chi connectivity index (χ3v) is 9.50. The van der Waals surface area contributed by atoms with Crippen molar-refractivity contribution in [3.8, 4) is 0 Å². The zero-order valence-corrected chi connectivity index (χ0v) is 24.7. The molecule has 11 heteroatoms. The van der Waals surface area contributed by atoms with Crippen LogP contribution < -0.4 is 5.69 Å². The minimum atomic E-state index is -1.27. The number of aromatic amines is 1. The number of carbonyl (C=O) groups is 1. The van der Waals surface area contributed by atoms with Crippen molar-refractivity contribution < 1.29 is 23.8 Å². The second-order valence-corrected chi connectivity index (χ2v) is 17.7. The van der Waals surface area contributed by atoms with E-state index in [2.05, 4.69) is 24.6 Å². The van der Waals surface area contributed by atoms with E-state index in [0.717, 1.165) is 17.2 Å². The van der Waals surface area contributed by atoms with E-state index in [1.807, 2.05) is 6.92 Å². The molecule has 4 rings (SSSR count). The van der Waals surface area contributed by atoms with Crippen molar-refractivity contribution in [2.75, 3.05) is 26.3 Å². The number of imidazole rings is 1. The van der Waals surface area contributed by atoms with Crippen LogP contribution in [0.1, 0.15) is 37.0 Å². The maximum atomic E-state index is 13.7. The molecule has 1 fully saturated rings. The first-order valence-corrected chi connectivity index (χ1v) is 17.3. The van der Waals surface area contributed by atoms with Gasteiger partial charge in [-0.2, -0.15) is 0 Å². The van der Waals surface area contributed by atoms with Gasteiger partial charge in [-0.25, -0.2) is 14.0 Å². The number of H-pyrrole nitrogens is 1. The molecule has 8 nitrogen and oxygen atoms in total. The molecule has 1 saturated heterocycles. The van der Waals surface area contributed by atoms with Gasteiger partial charge in [0.25, 0.3) is 0 Å². The molecule has 0 spiro atoms. The molecule has 212 valence electrons. The summed E-state index contributed by atoms with van der Waals surface area (Å²) < 4.78 is 27.6. The highest BCUT2D eigenvalue weighted by Gasteiger charge is 2.38. The van der Waals surface area contributed by atoms with Crippen molar-refractivity contribution in [3.63, 3.8) is 0 Å². The number of amides is 1. The van der Waals surface area contributed by atoms with Crippen LogP contribution in [0, 0.1) is 5.82 Å². The molecule has 1 unspecified atom stereocenters. The van der Waals surface area contributed by atoms with Gasteiger partial charge in [0.15, 0.2) is 0 Å². The average Bonchev–Trinajstić information content (AvgIpc) is 3.19. The van der Waals surface area contributed by atoms with Gasteiger partial charge in [-0.3, -0.25) is 4.57 Å². The molecule has 2 N–H and O–H groups in total. The van der Waals surface area contributed by atoms with E-state index in [1.54, 1.807) is 28.8 Å². The lowest BCUT2D eigenvalue weighted by molar-refractivity contribution is 0.00533. The van der Waals surface area contributed by atoms with Gasteiger partial charge in [0, 0.05) is 43.8 Å². The molecule has 0 bridgehead atoms. The van der Waals surface area contributed by atoms with Gasteiger partial charge in [0.1, 0.15) is 12.5 Å². The van der Waals surface area contributed by atoms with Crippen LogP contribution in [0.4, 0.5) is 9.18 Å². The van der Waals surface area contributed by atoms with Crippen LogP contribution in [-0.4, -0.2) is 60.0 Å². The Labute approximate surface area is 233 Å². The van der Waals surface area contributed by atoms with Crippen molar-refractivity contribution >= 4 is 36.8 Å². The lowest BCUT2D eigenvalue weighted by Gasteiger charge is -2.41. The van der Waals surface area contributed by atoms with Crippen molar-refractivity contribution in [2.45, 2.75) is 63.7 Å². The number of halogens is 2. The lowest BCUT2D eigenvalue weighted by atomic mass is 9.73. The van der Waals surface area contributed by atoms with Crippen LogP contribution in [0.2, 0.25) is 30.7 Å². The molecule has 1 amide bonds. The summed E-state index contributed by atoms with van der Waals surface area (Å²) >= 11 is 6.43. The second kappa shape index (κ2) is 11.8. The molecule has 1 atom stereocenters. The molecule has 0 saturated carbocycles. The van der Waals surface area contributed by atoms with Gasteiger partial charge in [-0.15, -0.1) is 0 Å². The summed E-state index contributed by atoms with van der Waals surface area (Å²) in [5.74, 6) is -0.329. The number of rotatable bonds is 10. The van der Waals surface area contributed by atoms with Crippen LogP contribution in [0.25, 0.3) is 11.0 Å². The summed E-state index contributed by atoms with van der Waals surface area (Å²) in [4.78, 5) is 28.6. The van der Waals surface area contributed by atoms with Gasteiger partial charge in [-0.1, -0.05) is 43.4 Å². The van der Waals surface area contributed by atoms with Crippen LogP contribution in [0.15, 0.2) is 41.2 Å². The zero-order chi connectivity index (χ0) is 28.4. The number of nitrogens with one attached hydrogen (secondary N) is 1. The lowest BCUT2D eigenvalue weighted by Crippen LogP contribution is -2.47. The number of fused-ring (bicyclic) bond motifs is 1. The third kappa shape index (κ3) is 6.92. The Kier molecular flexibility index (Phi) is 8.90. The Hall–Kier alpha value is -2.66. The number of carboxylic acid groups (broad SMARTS) is 1. The highest BCUT2D eigenvalue weighted by molar-refractivity contribution is 6.76. The highest BCUT2D eigenvalue weighted by Crippen LogP contribution is 2.38. The minimum Gasteiger partial charge on any atom is -0.465 e. The molecule has 0 radical (unpaired) electrons. The summed E-state index contributed by atoms with van der Waals surface area (Å²) in [6.07, 6.45) is -0.301. The fourth-order valence-electron chi connectivity index (χ4n) is 5.09. The predicted molar refractivity (Wildman–Crippen MR) is 153 cm³/mol. The average molecular weight is 578 g/mol. The summed E-state index contributed by atoms with van der Waals surface area (Å²) in [7, 11) is -1.27. The molecule has 2 heterocycles. The Morgan fingerprint density at radius 1 is 1.21 bits per heavy atom. The minimum absolute atomic E-state index is 0.120. The van der Waals surface area contributed by atoms with Crippen LogP contribution in [0.3, 0.4) is 0 Å². The molecule has 0 aliphatic carbocycles. The third-order valence-electron chi connectivity index (χ3n) is 7.57. The predicted octanol–water partition coefficient (Wildman–Crippen LogP) is 6.22. The molecule has 1 aliphatic heterocycles. The highest BCUT2D eigenvalue weighted by atomic mass is 35.5. The second-order valence-electron chi connectivity index (χ2n) is 11.6. The number of likely N-dealkylation sites (tertiary alicyclic amines) is 1. The van der Waals surface area contributed by atoms with E-state index in [9.17, 15) is 19.1 Å². The Morgan fingerprint density at radius 3 is 2.49 bits per heavy atom. The molecular formula is C28H37ClFN3O5Si. The summed E-state index contributed by atoms with van der Waals surface area (Å²) in [6.45, 7) is 10.4. The summed E-state index contributed by atoms with van der Waals surface area (Å²) in [5.41, 5.74) is 2.19. The first-order chi connectivity index (χ1) is 18.4. The first kappa shape index (κ1) is 29.3. The number of ether oxygens (including phenoxy) is 2. The number of benzene rings is 2. The van der Waals surface area contributed by atoms with E-state index in [0.29, 0.717) is 55.2 Å². The maximum absolute atomic E-state index is 13.7. The first-order valence-electron chi connectivity index (χ1n) is 13.2. The summed E-state index contributed by atoms with van der Waals surface area (Å²) in [6, 6.07) is 10.9. The molecule has 1 aromatic heterocycles. The number of aromatic nitrogens is 2. The van der Waals surface area contributed by atoms with Gasteiger partial charge < -0.3 is 24.5 Å². The van der Waals surface area contributed by atoms with E-state index in [4.69, 9.17) is 21.1 Å². The van der Waals surface area contributed by atoms with Crippen LogP contribution in [0.5, 0.6) is 0 Å². The molecule has 2 aromatic carbocycles. The van der Waals surface area contributed by atoms with E-state index >= 15 is 0 Å². The summed E-state index contributed by atoms with van der Waals surface area (Å²) in [5, 5.41) is 9.92. The topological polar surface area (TPSA) is 96.8 Å². The van der Waals surface area contributed by atoms with Crippen molar-refractivity contribution in [1.82, 2.24) is 14.5 Å². The fraction of sp³-hybridized carbons (Fsp3) is 0.500.